The summed E-state index contributed by atoms with van der Waals surface area (Å²) in [5.41, 5.74) is 8.09. The van der Waals surface area contributed by atoms with Crippen LogP contribution in [-0.4, -0.2) is 41.4 Å². The fourth-order valence-corrected chi connectivity index (χ4v) is 5.32. The van der Waals surface area contributed by atoms with Crippen LogP contribution in [0.2, 0.25) is 0 Å². The first kappa shape index (κ1) is 17.9. The molecule has 3 heterocycles. The standard InChI is InChI=1S/C16H15N3O6S2/c1-8-4-2-3-5-9(8)12-6-10-11-7-18(13(15(17)20)14(10)26-12)16(21)19(11)25-27(22,23)24/h2-6,11,13H,7H2,1H3,(H2,17,20)(H,22,23,24)/t11-,13+/m1/s1. The van der Waals surface area contributed by atoms with E-state index in [9.17, 15) is 18.0 Å². The van der Waals surface area contributed by atoms with Crippen molar-refractivity contribution in [1.29, 1.82) is 0 Å². The summed E-state index contributed by atoms with van der Waals surface area (Å²) in [4.78, 5) is 27.1. The number of carbonyl (C=O) groups is 2. The molecule has 4 rings (SSSR count). The molecule has 0 aliphatic carbocycles. The van der Waals surface area contributed by atoms with Crippen molar-refractivity contribution in [2.45, 2.75) is 19.0 Å². The molecule has 0 radical (unpaired) electrons. The highest BCUT2D eigenvalue weighted by atomic mass is 32.3. The molecule has 2 atom stereocenters. The minimum absolute atomic E-state index is 0.0267. The van der Waals surface area contributed by atoms with E-state index < -0.39 is 34.4 Å². The molecule has 2 aliphatic heterocycles. The van der Waals surface area contributed by atoms with Crippen molar-refractivity contribution < 1.29 is 26.8 Å². The number of carbonyl (C=O) groups excluding carboxylic acids is 2. The highest BCUT2D eigenvalue weighted by molar-refractivity contribution is 7.80. The van der Waals surface area contributed by atoms with Gasteiger partial charge in [0, 0.05) is 9.75 Å². The second-order valence-corrected chi connectivity index (χ2v) is 8.42. The van der Waals surface area contributed by atoms with Gasteiger partial charge in [0.25, 0.3) is 0 Å². The lowest BCUT2D eigenvalue weighted by Gasteiger charge is -2.27. The molecule has 9 nitrogen and oxygen atoms in total. The average molecular weight is 409 g/mol. The molecule has 27 heavy (non-hydrogen) atoms. The van der Waals surface area contributed by atoms with Crippen LogP contribution in [-0.2, 0) is 19.5 Å². The number of fused-ring (bicyclic) bond motifs is 4. The third-order valence-electron chi connectivity index (χ3n) is 4.65. The smallest absolute Gasteiger partial charge is 0.368 e. The van der Waals surface area contributed by atoms with Gasteiger partial charge in [0.05, 0.1) is 6.54 Å². The van der Waals surface area contributed by atoms with Crippen molar-refractivity contribution in [1.82, 2.24) is 9.96 Å². The molecular formula is C16H15N3O6S2. The lowest BCUT2D eigenvalue weighted by atomic mass is 9.97. The summed E-state index contributed by atoms with van der Waals surface area (Å²) in [6, 6.07) is 6.84. The topological polar surface area (TPSA) is 130 Å². The Kier molecular flexibility index (Phi) is 4.00. The first-order valence-corrected chi connectivity index (χ1v) is 10.1. The Labute approximate surface area is 158 Å². The molecule has 0 unspecified atom stereocenters. The Balaban J connectivity index is 1.86. The second kappa shape index (κ2) is 6.02. The maximum Gasteiger partial charge on any atom is 0.418 e. The minimum atomic E-state index is -4.91. The monoisotopic (exact) mass is 409 g/mol. The molecule has 3 amide bonds. The fourth-order valence-electron chi connectivity index (χ4n) is 3.52. The zero-order valence-corrected chi connectivity index (χ0v) is 15.7. The summed E-state index contributed by atoms with van der Waals surface area (Å²) in [6.07, 6.45) is 0. The lowest BCUT2D eigenvalue weighted by molar-refractivity contribution is -0.122. The van der Waals surface area contributed by atoms with Crippen LogP contribution < -0.4 is 5.73 Å². The number of hydroxylamine groups is 2. The van der Waals surface area contributed by atoms with Crippen LogP contribution in [0.15, 0.2) is 30.3 Å². The minimum Gasteiger partial charge on any atom is -0.368 e. The molecule has 142 valence electrons. The molecule has 2 bridgehead atoms. The number of aryl methyl sites for hydroxylation is 1. The van der Waals surface area contributed by atoms with Gasteiger partial charge in [0.2, 0.25) is 5.91 Å². The van der Waals surface area contributed by atoms with Gasteiger partial charge in [-0.05, 0) is 29.7 Å². The summed E-state index contributed by atoms with van der Waals surface area (Å²) in [7, 11) is -4.91. The van der Waals surface area contributed by atoms with Crippen LogP contribution in [0, 0.1) is 6.92 Å². The van der Waals surface area contributed by atoms with Crippen molar-refractivity contribution in [3.8, 4) is 10.4 Å². The molecule has 11 heteroatoms. The summed E-state index contributed by atoms with van der Waals surface area (Å²) >= 11 is 1.32. The van der Waals surface area contributed by atoms with Gasteiger partial charge in [0.15, 0.2) is 0 Å². The van der Waals surface area contributed by atoms with Crippen molar-refractivity contribution in [2.24, 2.45) is 5.73 Å². The number of amides is 3. The van der Waals surface area contributed by atoms with E-state index >= 15 is 0 Å². The van der Waals surface area contributed by atoms with Crippen LogP contribution in [0.25, 0.3) is 10.4 Å². The Morgan fingerprint density at radius 2 is 2.07 bits per heavy atom. The van der Waals surface area contributed by atoms with Crippen LogP contribution in [0.5, 0.6) is 0 Å². The molecular weight excluding hydrogens is 394 g/mol. The number of thiophene rings is 1. The molecule has 3 N–H and O–H groups in total. The van der Waals surface area contributed by atoms with Gasteiger partial charge in [0.1, 0.15) is 12.1 Å². The normalized spacial score (nSPS) is 21.5. The predicted octanol–water partition coefficient (Wildman–Crippen LogP) is 1.78. The summed E-state index contributed by atoms with van der Waals surface area (Å²) in [6.45, 7) is 1.98. The van der Waals surface area contributed by atoms with Crippen LogP contribution in [0.4, 0.5) is 4.79 Å². The summed E-state index contributed by atoms with van der Waals surface area (Å²) < 4.78 is 35.8. The van der Waals surface area contributed by atoms with Crippen LogP contribution >= 0.6 is 11.3 Å². The van der Waals surface area contributed by atoms with E-state index in [1.165, 1.54) is 11.3 Å². The maximum absolute atomic E-state index is 12.5. The number of nitrogens with two attached hydrogens (primary N) is 1. The number of primary amides is 1. The Hall–Kier alpha value is -2.47. The van der Waals surface area contributed by atoms with Gasteiger partial charge in [-0.15, -0.1) is 15.6 Å². The molecule has 1 fully saturated rings. The van der Waals surface area contributed by atoms with Gasteiger partial charge in [-0.1, -0.05) is 24.3 Å². The van der Waals surface area contributed by atoms with Gasteiger partial charge in [-0.3, -0.25) is 9.35 Å². The van der Waals surface area contributed by atoms with Gasteiger partial charge < -0.3 is 10.6 Å². The Morgan fingerprint density at radius 1 is 1.37 bits per heavy atom. The third kappa shape index (κ3) is 2.88. The molecule has 0 spiro atoms. The first-order chi connectivity index (χ1) is 12.7. The van der Waals surface area contributed by atoms with E-state index in [1.807, 2.05) is 31.2 Å². The molecule has 1 aromatic carbocycles. The number of hydrogen-bond acceptors (Lipinski definition) is 6. The van der Waals surface area contributed by atoms with Crippen molar-refractivity contribution in [2.75, 3.05) is 6.54 Å². The molecule has 2 aliphatic rings. The van der Waals surface area contributed by atoms with E-state index in [1.54, 1.807) is 6.07 Å². The van der Waals surface area contributed by atoms with Crippen molar-refractivity contribution >= 4 is 33.7 Å². The number of nitrogens with zero attached hydrogens (tertiary/aromatic N) is 2. The third-order valence-corrected chi connectivity index (χ3v) is 6.24. The van der Waals surface area contributed by atoms with Gasteiger partial charge in [-0.2, -0.15) is 13.5 Å². The van der Waals surface area contributed by atoms with Gasteiger partial charge in [-0.25, -0.2) is 4.79 Å². The van der Waals surface area contributed by atoms with Gasteiger partial charge >= 0.3 is 16.4 Å². The van der Waals surface area contributed by atoms with Crippen LogP contribution in [0.1, 0.15) is 28.1 Å². The van der Waals surface area contributed by atoms with Crippen LogP contribution in [0.3, 0.4) is 0 Å². The number of benzene rings is 1. The zero-order chi connectivity index (χ0) is 19.5. The average Bonchev–Trinajstić information content (AvgIpc) is 3.11. The number of hydrogen-bond donors (Lipinski definition) is 2. The fraction of sp³-hybridized carbons (Fsp3) is 0.250. The summed E-state index contributed by atoms with van der Waals surface area (Å²) in [5.74, 6) is -0.727. The zero-order valence-electron chi connectivity index (χ0n) is 14.0. The van der Waals surface area contributed by atoms with E-state index in [0.29, 0.717) is 15.5 Å². The van der Waals surface area contributed by atoms with E-state index in [-0.39, 0.29) is 6.54 Å². The number of rotatable bonds is 4. The summed E-state index contributed by atoms with van der Waals surface area (Å²) in [5, 5.41) is 0.575. The lowest BCUT2D eigenvalue weighted by Crippen LogP contribution is -2.41. The second-order valence-electron chi connectivity index (χ2n) is 6.33. The maximum atomic E-state index is 12.5. The Bertz CT molecular complexity index is 1060. The molecule has 0 saturated carbocycles. The van der Waals surface area contributed by atoms with E-state index in [2.05, 4.69) is 4.28 Å². The number of urea groups is 1. The van der Waals surface area contributed by atoms with Crippen molar-refractivity contribution in [3.05, 3.63) is 46.3 Å². The highest BCUT2D eigenvalue weighted by Gasteiger charge is 2.52. The Morgan fingerprint density at radius 3 is 2.70 bits per heavy atom. The SMILES string of the molecule is Cc1ccccc1-c1cc2c(s1)[C@@H](C(N)=O)N1C[C@H]2N(OS(=O)(=O)O)C1=O. The van der Waals surface area contributed by atoms with E-state index in [0.717, 1.165) is 20.9 Å². The highest BCUT2D eigenvalue weighted by Crippen LogP contribution is 2.49. The predicted molar refractivity (Wildman–Crippen MR) is 95.7 cm³/mol. The molecule has 1 saturated heterocycles. The van der Waals surface area contributed by atoms with Crippen molar-refractivity contribution in [3.63, 3.8) is 0 Å². The first-order valence-electron chi connectivity index (χ1n) is 7.93. The molecule has 2 aromatic rings. The van der Waals surface area contributed by atoms with E-state index in [4.69, 9.17) is 10.3 Å². The largest absolute Gasteiger partial charge is 0.418 e. The quantitative estimate of drug-likeness (QED) is 0.740. The molecule has 1 aromatic heterocycles.